The zero-order valence-electron chi connectivity index (χ0n) is 15.7. The number of aryl methyl sites for hydroxylation is 1. The van der Waals surface area contributed by atoms with E-state index in [0.29, 0.717) is 5.89 Å². The predicted octanol–water partition coefficient (Wildman–Crippen LogP) is 1.74. The van der Waals surface area contributed by atoms with Gasteiger partial charge in [-0.2, -0.15) is 4.98 Å². The average molecular weight is 349 g/mol. The number of hydrogen-bond acceptors (Lipinski definition) is 6. The topological polar surface area (TPSA) is 88.5 Å². The Morgan fingerprint density at radius 2 is 2.08 bits per heavy atom. The van der Waals surface area contributed by atoms with Crippen molar-refractivity contribution >= 4 is 5.91 Å². The third kappa shape index (κ3) is 3.87. The molecule has 7 nitrogen and oxygen atoms in total. The first-order chi connectivity index (χ1) is 11.9. The van der Waals surface area contributed by atoms with E-state index < -0.39 is 0 Å². The van der Waals surface area contributed by atoms with Gasteiger partial charge in [-0.25, -0.2) is 0 Å². The highest BCUT2D eigenvalue weighted by Crippen LogP contribution is 2.33. The van der Waals surface area contributed by atoms with Gasteiger partial charge in [0.1, 0.15) is 0 Å². The summed E-state index contributed by atoms with van der Waals surface area (Å²) < 4.78 is 5.37. The normalized spacial score (nSPS) is 29.6. The molecular formula is C18H31N5O2. The van der Waals surface area contributed by atoms with E-state index in [4.69, 9.17) is 10.3 Å². The van der Waals surface area contributed by atoms with Gasteiger partial charge >= 0.3 is 0 Å². The number of carbonyl (C=O) groups is 1. The Labute approximate surface area is 149 Å². The minimum absolute atomic E-state index is 0.0340. The van der Waals surface area contributed by atoms with E-state index in [-0.39, 0.29) is 23.4 Å². The molecule has 1 aliphatic heterocycles. The van der Waals surface area contributed by atoms with Crippen LogP contribution >= 0.6 is 0 Å². The molecule has 25 heavy (non-hydrogen) atoms. The molecule has 1 saturated heterocycles. The fraction of sp³-hybridized carbons (Fsp3) is 0.833. The Morgan fingerprint density at radius 1 is 1.36 bits per heavy atom. The van der Waals surface area contributed by atoms with Crippen LogP contribution in [0.5, 0.6) is 0 Å². The number of nitrogens with zero attached hydrogens (tertiary/aromatic N) is 4. The molecule has 3 rings (SSSR count). The molecule has 7 heteroatoms. The van der Waals surface area contributed by atoms with Crippen molar-refractivity contribution in [1.29, 1.82) is 0 Å². The van der Waals surface area contributed by atoms with Crippen LogP contribution in [0.3, 0.4) is 0 Å². The molecule has 140 valence electrons. The highest BCUT2D eigenvalue weighted by molar-refractivity contribution is 5.80. The summed E-state index contributed by atoms with van der Waals surface area (Å²) in [4.78, 5) is 21.7. The minimum Gasteiger partial charge on any atom is -0.340 e. The van der Waals surface area contributed by atoms with Gasteiger partial charge in [-0.15, -0.1) is 0 Å². The monoisotopic (exact) mass is 349 g/mol. The van der Waals surface area contributed by atoms with Crippen LogP contribution in [0.15, 0.2) is 4.52 Å². The summed E-state index contributed by atoms with van der Waals surface area (Å²) in [5.41, 5.74) is 6.05. The lowest BCUT2D eigenvalue weighted by Crippen LogP contribution is -2.57. The van der Waals surface area contributed by atoms with Gasteiger partial charge < -0.3 is 15.2 Å². The molecule has 2 heterocycles. The fourth-order valence-electron chi connectivity index (χ4n) is 4.05. The van der Waals surface area contributed by atoms with E-state index in [1.54, 1.807) is 0 Å². The average Bonchev–Trinajstić information content (AvgIpc) is 3.09. The second-order valence-corrected chi connectivity index (χ2v) is 7.74. The van der Waals surface area contributed by atoms with Crippen molar-refractivity contribution in [2.24, 2.45) is 11.7 Å². The van der Waals surface area contributed by atoms with Crippen molar-refractivity contribution in [2.45, 2.75) is 64.5 Å². The molecule has 1 aromatic heterocycles. The largest absolute Gasteiger partial charge is 0.340 e. The second kappa shape index (κ2) is 7.41. The third-order valence-corrected chi connectivity index (χ3v) is 5.88. The molecule has 1 saturated carbocycles. The van der Waals surface area contributed by atoms with E-state index in [1.807, 2.05) is 18.7 Å². The first-order valence-electron chi connectivity index (χ1n) is 9.56. The second-order valence-electron chi connectivity index (χ2n) is 7.74. The molecule has 1 amide bonds. The van der Waals surface area contributed by atoms with Gasteiger partial charge in [0.25, 0.3) is 0 Å². The van der Waals surface area contributed by atoms with E-state index in [1.165, 1.54) is 0 Å². The number of piperazine rings is 1. The van der Waals surface area contributed by atoms with Crippen LogP contribution in [0.2, 0.25) is 0 Å². The summed E-state index contributed by atoms with van der Waals surface area (Å²) >= 11 is 0. The lowest BCUT2D eigenvalue weighted by atomic mass is 9.74. The van der Waals surface area contributed by atoms with Crippen molar-refractivity contribution in [3.05, 3.63) is 11.7 Å². The van der Waals surface area contributed by atoms with Gasteiger partial charge in [-0.3, -0.25) is 9.69 Å². The molecule has 0 spiro atoms. The van der Waals surface area contributed by atoms with Gasteiger partial charge in [0.2, 0.25) is 11.8 Å². The molecule has 2 N–H and O–H groups in total. The van der Waals surface area contributed by atoms with Crippen molar-refractivity contribution < 1.29 is 9.32 Å². The van der Waals surface area contributed by atoms with Gasteiger partial charge in [0.15, 0.2) is 5.82 Å². The number of rotatable bonds is 4. The zero-order valence-corrected chi connectivity index (χ0v) is 15.7. The first kappa shape index (κ1) is 18.3. The van der Waals surface area contributed by atoms with Crippen LogP contribution in [-0.2, 0) is 11.2 Å². The molecule has 0 aromatic carbocycles. The standard InChI is InChI=1S/C18H31N5O2/c1-4-15-20-16(25-21-15)13(2)22-9-11-23(12-10-22)17(24)14-7-5-6-8-18(14,3)19/h13-14H,4-12,19H2,1-3H3. The maximum Gasteiger partial charge on any atom is 0.243 e. The highest BCUT2D eigenvalue weighted by Gasteiger charge is 2.40. The lowest BCUT2D eigenvalue weighted by Gasteiger charge is -2.43. The van der Waals surface area contributed by atoms with Crippen LogP contribution in [0.4, 0.5) is 0 Å². The summed E-state index contributed by atoms with van der Waals surface area (Å²) in [6.07, 6.45) is 4.88. The molecule has 2 aliphatic rings. The summed E-state index contributed by atoms with van der Waals surface area (Å²) in [6, 6.07) is 0.0829. The summed E-state index contributed by atoms with van der Waals surface area (Å²) in [7, 11) is 0. The number of hydrogen-bond donors (Lipinski definition) is 1. The summed E-state index contributed by atoms with van der Waals surface area (Å²) in [5, 5.41) is 3.98. The van der Waals surface area contributed by atoms with Crippen LogP contribution in [0.25, 0.3) is 0 Å². The van der Waals surface area contributed by atoms with Gasteiger partial charge in [0.05, 0.1) is 12.0 Å². The maximum atomic E-state index is 12.9. The molecule has 1 aliphatic carbocycles. The molecule has 3 atom stereocenters. The Balaban J connectivity index is 1.57. The van der Waals surface area contributed by atoms with Crippen LogP contribution in [-0.4, -0.2) is 57.6 Å². The van der Waals surface area contributed by atoms with Crippen molar-refractivity contribution in [2.75, 3.05) is 26.2 Å². The molecule has 2 fully saturated rings. The number of nitrogens with two attached hydrogens (primary N) is 1. The zero-order chi connectivity index (χ0) is 18.0. The Kier molecular flexibility index (Phi) is 5.43. The molecule has 0 radical (unpaired) electrons. The molecule has 3 unspecified atom stereocenters. The van der Waals surface area contributed by atoms with Crippen LogP contribution in [0.1, 0.15) is 64.2 Å². The van der Waals surface area contributed by atoms with E-state index in [9.17, 15) is 4.79 Å². The van der Waals surface area contributed by atoms with Crippen LogP contribution < -0.4 is 5.73 Å². The Morgan fingerprint density at radius 3 is 2.68 bits per heavy atom. The lowest BCUT2D eigenvalue weighted by molar-refractivity contribution is -0.141. The number of amides is 1. The van der Waals surface area contributed by atoms with Gasteiger partial charge in [-0.05, 0) is 26.7 Å². The van der Waals surface area contributed by atoms with E-state index in [2.05, 4.69) is 22.0 Å². The quantitative estimate of drug-likeness (QED) is 0.891. The molecule has 0 bridgehead atoms. The summed E-state index contributed by atoms with van der Waals surface area (Å²) in [6.45, 7) is 9.27. The fourth-order valence-corrected chi connectivity index (χ4v) is 4.05. The Hall–Kier alpha value is -1.47. The maximum absolute atomic E-state index is 12.9. The molecule has 1 aromatic rings. The highest BCUT2D eigenvalue weighted by atomic mass is 16.5. The number of carbonyl (C=O) groups excluding carboxylic acids is 1. The van der Waals surface area contributed by atoms with Crippen molar-refractivity contribution in [3.63, 3.8) is 0 Å². The minimum atomic E-state index is -0.361. The third-order valence-electron chi connectivity index (χ3n) is 5.88. The van der Waals surface area contributed by atoms with Crippen LogP contribution in [0, 0.1) is 5.92 Å². The predicted molar refractivity (Wildman–Crippen MR) is 94.8 cm³/mol. The van der Waals surface area contributed by atoms with Crippen molar-refractivity contribution in [1.82, 2.24) is 19.9 Å². The summed E-state index contributed by atoms with van der Waals surface area (Å²) in [5.74, 6) is 1.62. The van der Waals surface area contributed by atoms with E-state index in [0.717, 1.165) is 64.1 Å². The smallest absolute Gasteiger partial charge is 0.243 e. The van der Waals surface area contributed by atoms with Gasteiger partial charge in [-0.1, -0.05) is 24.9 Å². The van der Waals surface area contributed by atoms with E-state index >= 15 is 0 Å². The Bertz CT molecular complexity index is 592. The number of aromatic nitrogens is 2. The van der Waals surface area contributed by atoms with Gasteiger partial charge in [0, 0.05) is 38.1 Å². The van der Waals surface area contributed by atoms with Crippen molar-refractivity contribution in [3.8, 4) is 0 Å². The molecular weight excluding hydrogens is 318 g/mol. The SMILES string of the molecule is CCc1noc(C(C)N2CCN(C(=O)C3CCCCC3(C)N)CC2)n1. The first-order valence-corrected chi connectivity index (χ1v) is 9.56.